The van der Waals surface area contributed by atoms with Crippen LogP contribution in [0, 0.1) is 13.8 Å². The molecule has 40 heavy (non-hydrogen) atoms. The zero-order valence-corrected chi connectivity index (χ0v) is 23.6. The van der Waals surface area contributed by atoms with E-state index in [4.69, 9.17) is 4.74 Å². The van der Waals surface area contributed by atoms with E-state index in [-0.39, 0.29) is 11.6 Å². The quantitative estimate of drug-likeness (QED) is 0.244. The van der Waals surface area contributed by atoms with Crippen LogP contribution < -0.4 is 10.3 Å². The lowest BCUT2D eigenvalue weighted by Gasteiger charge is -2.30. The van der Waals surface area contributed by atoms with E-state index in [2.05, 4.69) is 63.5 Å². The van der Waals surface area contributed by atoms with Crippen LogP contribution in [0.15, 0.2) is 77.6 Å². The average molecular weight is 537 g/mol. The molecule has 0 radical (unpaired) electrons. The summed E-state index contributed by atoms with van der Waals surface area (Å²) < 4.78 is 7.17. The maximum atomic E-state index is 13.3. The molecule has 8 nitrogen and oxygen atoms in total. The molecule has 3 aromatic carbocycles. The number of tetrazole rings is 1. The average Bonchev–Trinajstić information content (AvgIpc) is 3.41. The smallest absolute Gasteiger partial charge is 0.252 e. The first-order valence-electron chi connectivity index (χ1n) is 13.7. The molecule has 5 rings (SSSR count). The number of hydrogen-bond donors (Lipinski definition) is 1. The minimum Gasteiger partial charge on any atom is -0.497 e. The normalized spacial score (nSPS) is 12.2. The molecule has 8 heteroatoms. The van der Waals surface area contributed by atoms with Gasteiger partial charge in [0.1, 0.15) is 5.75 Å². The van der Waals surface area contributed by atoms with Crippen LogP contribution >= 0.6 is 0 Å². The molecule has 0 fully saturated rings. The number of fused-ring (bicyclic) bond motifs is 1. The zero-order valence-electron chi connectivity index (χ0n) is 23.6. The lowest BCUT2D eigenvalue weighted by atomic mass is 10.0. The van der Waals surface area contributed by atoms with Crippen LogP contribution in [0.5, 0.6) is 5.75 Å². The van der Waals surface area contributed by atoms with Crippen molar-refractivity contribution in [3.05, 3.63) is 117 Å². The summed E-state index contributed by atoms with van der Waals surface area (Å²) in [6.45, 7) is 8.05. The number of pyridine rings is 1. The van der Waals surface area contributed by atoms with Crippen molar-refractivity contribution in [3.8, 4) is 5.75 Å². The van der Waals surface area contributed by atoms with E-state index in [9.17, 15) is 4.79 Å². The van der Waals surface area contributed by atoms with Crippen LogP contribution in [0.3, 0.4) is 0 Å². The third kappa shape index (κ3) is 6.13. The molecule has 2 aromatic heterocycles. The molecular formula is C32H36N6O2. The second-order valence-electron chi connectivity index (χ2n) is 10.3. The van der Waals surface area contributed by atoms with Gasteiger partial charge in [-0.05, 0) is 77.4 Å². The Hall–Kier alpha value is -4.30. The van der Waals surface area contributed by atoms with Gasteiger partial charge in [0.05, 0.1) is 25.2 Å². The molecule has 0 saturated heterocycles. The Morgan fingerprint density at radius 3 is 2.55 bits per heavy atom. The molecule has 206 valence electrons. The number of benzene rings is 3. The summed E-state index contributed by atoms with van der Waals surface area (Å²) >= 11 is 0. The summed E-state index contributed by atoms with van der Waals surface area (Å²) in [5.41, 5.74) is 6.20. The zero-order chi connectivity index (χ0) is 28.1. The number of nitrogens with zero attached hydrogens (tertiary/aromatic N) is 5. The Morgan fingerprint density at radius 2 is 1.80 bits per heavy atom. The van der Waals surface area contributed by atoms with Gasteiger partial charge in [-0.1, -0.05) is 67.1 Å². The number of hydrogen-bond acceptors (Lipinski definition) is 6. The number of nitrogens with one attached hydrogen (secondary N) is 1. The summed E-state index contributed by atoms with van der Waals surface area (Å²) in [7, 11) is 1.66. The van der Waals surface area contributed by atoms with Crippen LogP contribution in [0.1, 0.15) is 53.0 Å². The number of aryl methyl sites for hydroxylation is 2. The van der Waals surface area contributed by atoms with E-state index in [1.165, 1.54) is 11.1 Å². The summed E-state index contributed by atoms with van der Waals surface area (Å²) in [6.07, 6.45) is 1.64. The maximum Gasteiger partial charge on any atom is 0.252 e. The molecule has 1 unspecified atom stereocenters. The van der Waals surface area contributed by atoms with Crippen molar-refractivity contribution < 1.29 is 4.74 Å². The Kier molecular flexibility index (Phi) is 8.36. The number of ether oxygens (including phenoxy) is 1. The number of rotatable bonds is 11. The Bertz CT molecular complexity index is 1640. The van der Waals surface area contributed by atoms with E-state index in [1.54, 1.807) is 7.11 Å². The number of H-pyrrole nitrogens is 1. The van der Waals surface area contributed by atoms with Crippen molar-refractivity contribution in [1.82, 2.24) is 30.1 Å². The van der Waals surface area contributed by atoms with Crippen LogP contribution in [0.2, 0.25) is 0 Å². The second kappa shape index (κ2) is 12.3. The monoisotopic (exact) mass is 536 g/mol. The molecule has 0 aliphatic carbocycles. The maximum absolute atomic E-state index is 13.3. The minimum atomic E-state index is -0.0781. The van der Waals surface area contributed by atoms with E-state index in [0.717, 1.165) is 58.6 Å². The molecule has 0 bridgehead atoms. The molecule has 2 heterocycles. The Morgan fingerprint density at radius 1 is 1.00 bits per heavy atom. The second-order valence-corrected chi connectivity index (χ2v) is 10.3. The highest BCUT2D eigenvalue weighted by Crippen LogP contribution is 2.26. The van der Waals surface area contributed by atoms with Crippen LogP contribution in [-0.4, -0.2) is 43.7 Å². The number of para-hydroxylation sites is 1. The fourth-order valence-electron chi connectivity index (χ4n) is 5.32. The van der Waals surface area contributed by atoms with Gasteiger partial charge in [0.25, 0.3) is 5.56 Å². The molecule has 1 atom stereocenters. The van der Waals surface area contributed by atoms with E-state index in [1.807, 2.05) is 60.1 Å². The van der Waals surface area contributed by atoms with Crippen LogP contribution in [0.25, 0.3) is 10.9 Å². The fourth-order valence-corrected chi connectivity index (χ4v) is 5.32. The largest absolute Gasteiger partial charge is 0.497 e. The van der Waals surface area contributed by atoms with Gasteiger partial charge >= 0.3 is 0 Å². The van der Waals surface area contributed by atoms with Gasteiger partial charge in [0.2, 0.25) is 0 Å². The predicted octanol–water partition coefficient (Wildman–Crippen LogP) is 5.38. The van der Waals surface area contributed by atoms with Crippen molar-refractivity contribution in [1.29, 1.82) is 0 Å². The number of methoxy groups -OCH3 is 1. The lowest BCUT2D eigenvalue weighted by molar-refractivity contribution is 0.172. The van der Waals surface area contributed by atoms with E-state index >= 15 is 0 Å². The summed E-state index contributed by atoms with van der Waals surface area (Å²) in [5, 5.41) is 13.9. The van der Waals surface area contributed by atoms with Crippen LogP contribution in [-0.2, 0) is 19.5 Å². The highest BCUT2D eigenvalue weighted by Gasteiger charge is 2.26. The molecule has 0 aliphatic rings. The van der Waals surface area contributed by atoms with E-state index in [0.29, 0.717) is 13.1 Å². The Balaban J connectivity index is 1.47. The summed E-state index contributed by atoms with van der Waals surface area (Å²) in [6, 6.07) is 24.6. The first-order valence-corrected chi connectivity index (χ1v) is 13.7. The highest BCUT2D eigenvalue weighted by molar-refractivity contribution is 5.81. The molecule has 0 aliphatic heterocycles. The number of aromatic amines is 1. The van der Waals surface area contributed by atoms with Gasteiger partial charge in [-0.2, -0.15) is 0 Å². The molecule has 1 N–H and O–H groups in total. The third-order valence-corrected chi connectivity index (χ3v) is 7.49. The van der Waals surface area contributed by atoms with Crippen molar-refractivity contribution in [2.75, 3.05) is 13.7 Å². The van der Waals surface area contributed by atoms with E-state index < -0.39 is 0 Å². The lowest BCUT2D eigenvalue weighted by Crippen LogP contribution is -2.34. The topological polar surface area (TPSA) is 88.9 Å². The van der Waals surface area contributed by atoms with Crippen molar-refractivity contribution in [3.63, 3.8) is 0 Å². The van der Waals surface area contributed by atoms with Gasteiger partial charge in [0, 0.05) is 18.7 Å². The summed E-state index contributed by atoms with van der Waals surface area (Å²) in [4.78, 5) is 18.7. The third-order valence-electron chi connectivity index (χ3n) is 7.49. The van der Waals surface area contributed by atoms with Gasteiger partial charge in [-0.3, -0.25) is 9.69 Å². The first kappa shape index (κ1) is 27.3. The molecule has 5 aromatic rings. The molecule has 0 saturated carbocycles. The van der Waals surface area contributed by atoms with Gasteiger partial charge in [0.15, 0.2) is 5.82 Å². The summed E-state index contributed by atoms with van der Waals surface area (Å²) in [5.74, 6) is 1.60. The fraction of sp³-hybridized carbons (Fsp3) is 0.312. The van der Waals surface area contributed by atoms with Gasteiger partial charge < -0.3 is 9.72 Å². The standard InChI is InChI=1S/C32H36N6O2/c1-5-29(31-34-35-36-38(31)20-25-12-14-28(40-4)15-13-25)37(17-16-24-10-6-8-22(2)18-24)21-27-19-26-11-7-9-23(3)30(26)33-32(27)39/h6-15,18-19,29H,5,16-17,20-21H2,1-4H3,(H,33,39). The SMILES string of the molecule is CCC(c1nnnn1Cc1ccc(OC)cc1)N(CCc1cccc(C)c1)Cc1cc2cccc(C)c2[nH]c1=O. The minimum absolute atomic E-state index is 0.0602. The first-order chi connectivity index (χ1) is 19.4. The molecular weight excluding hydrogens is 500 g/mol. The van der Waals surface area contributed by atoms with Crippen molar-refractivity contribution >= 4 is 10.9 Å². The molecule has 0 spiro atoms. The number of aromatic nitrogens is 5. The molecule has 0 amide bonds. The van der Waals surface area contributed by atoms with Gasteiger partial charge in [-0.25, -0.2) is 4.68 Å². The highest BCUT2D eigenvalue weighted by atomic mass is 16.5. The van der Waals surface area contributed by atoms with Crippen LogP contribution in [0.4, 0.5) is 0 Å². The van der Waals surface area contributed by atoms with Crippen molar-refractivity contribution in [2.45, 2.75) is 52.7 Å². The van der Waals surface area contributed by atoms with Gasteiger partial charge in [-0.15, -0.1) is 5.10 Å². The Labute approximate surface area is 234 Å². The van der Waals surface area contributed by atoms with Crippen molar-refractivity contribution in [2.24, 2.45) is 0 Å². The predicted molar refractivity (Wildman–Crippen MR) is 158 cm³/mol.